The van der Waals surface area contributed by atoms with Gasteiger partial charge in [0.05, 0.1) is 5.41 Å². The van der Waals surface area contributed by atoms with Gasteiger partial charge in [0, 0.05) is 0 Å². The topological polar surface area (TPSA) is 37.3 Å². The molecule has 0 amide bonds. The number of carboxylic acid groups (broad SMARTS) is 1. The average molecular weight is 292 g/mol. The van der Waals surface area contributed by atoms with Gasteiger partial charge in [0.1, 0.15) is 0 Å². The fourth-order valence-electron chi connectivity index (χ4n) is 5.65. The van der Waals surface area contributed by atoms with E-state index in [0.29, 0.717) is 0 Å². The smallest absolute Gasteiger partial charge is 0.309 e. The number of carboxylic acids is 1. The number of aliphatic carboxylic acids is 1. The first-order valence-corrected chi connectivity index (χ1v) is 9.36. The van der Waals surface area contributed by atoms with E-state index in [1.807, 2.05) is 0 Å². The quantitative estimate of drug-likeness (QED) is 0.724. The van der Waals surface area contributed by atoms with Crippen LogP contribution in [0.25, 0.3) is 0 Å². The lowest BCUT2D eigenvalue weighted by Gasteiger charge is -2.40. The van der Waals surface area contributed by atoms with E-state index in [0.717, 1.165) is 55.8 Å². The summed E-state index contributed by atoms with van der Waals surface area (Å²) in [5.41, 5.74) is -0.363. The lowest BCUT2D eigenvalue weighted by atomic mass is 9.64. The number of unbranched alkanes of at least 4 members (excludes halogenated alkanes) is 1. The SMILES string of the molecule is CCCCC1CCC(CC2CC3CCC2C3)(C(=O)O)CC1. The van der Waals surface area contributed by atoms with E-state index in [4.69, 9.17) is 0 Å². The van der Waals surface area contributed by atoms with Crippen LogP contribution in [0.2, 0.25) is 0 Å². The van der Waals surface area contributed by atoms with Gasteiger partial charge >= 0.3 is 5.97 Å². The van der Waals surface area contributed by atoms with Gasteiger partial charge in [0.25, 0.3) is 0 Å². The van der Waals surface area contributed by atoms with Crippen molar-refractivity contribution in [2.24, 2.45) is 29.1 Å². The molecule has 3 saturated carbocycles. The molecule has 0 aliphatic heterocycles. The molecule has 120 valence electrons. The van der Waals surface area contributed by atoms with Crippen molar-refractivity contribution < 1.29 is 9.90 Å². The van der Waals surface area contributed by atoms with Crippen molar-refractivity contribution in [2.75, 3.05) is 0 Å². The Hall–Kier alpha value is -0.530. The summed E-state index contributed by atoms with van der Waals surface area (Å²) in [6.07, 6.45) is 14.6. The van der Waals surface area contributed by atoms with E-state index in [-0.39, 0.29) is 5.41 Å². The van der Waals surface area contributed by atoms with E-state index in [1.54, 1.807) is 0 Å². The van der Waals surface area contributed by atoms with Crippen LogP contribution in [0.3, 0.4) is 0 Å². The Balaban J connectivity index is 1.58. The molecule has 3 unspecified atom stereocenters. The minimum absolute atomic E-state index is 0.363. The van der Waals surface area contributed by atoms with Gasteiger partial charge in [0.2, 0.25) is 0 Å². The highest BCUT2D eigenvalue weighted by molar-refractivity contribution is 5.74. The van der Waals surface area contributed by atoms with Crippen molar-refractivity contribution in [3.63, 3.8) is 0 Å². The van der Waals surface area contributed by atoms with Crippen LogP contribution in [-0.4, -0.2) is 11.1 Å². The van der Waals surface area contributed by atoms with Crippen LogP contribution in [0, 0.1) is 29.1 Å². The molecule has 0 heterocycles. The predicted octanol–water partition coefficient (Wildman–Crippen LogP) is 5.26. The molecule has 0 radical (unpaired) electrons. The highest BCUT2D eigenvalue weighted by Crippen LogP contribution is 2.54. The van der Waals surface area contributed by atoms with Gasteiger partial charge in [0.15, 0.2) is 0 Å². The number of fused-ring (bicyclic) bond motifs is 2. The molecule has 3 aliphatic rings. The third-order valence-electron chi connectivity index (χ3n) is 7.02. The maximum atomic E-state index is 12.0. The van der Waals surface area contributed by atoms with Crippen LogP contribution in [0.4, 0.5) is 0 Å². The van der Waals surface area contributed by atoms with Crippen molar-refractivity contribution in [2.45, 2.75) is 84.0 Å². The third-order valence-corrected chi connectivity index (χ3v) is 7.02. The maximum absolute atomic E-state index is 12.0. The molecule has 0 aromatic heterocycles. The van der Waals surface area contributed by atoms with Gasteiger partial charge < -0.3 is 5.11 Å². The fourth-order valence-corrected chi connectivity index (χ4v) is 5.65. The second kappa shape index (κ2) is 6.30. The van der Waals surface area contributed by atoms with Gasteiger partial charge in [-0.1, -0.05) is 32.6 Å². The number of hydrogen-bond donors (Lipinski definition) is 1. The van der Waals surface area contributed by atoms with Gasteiger partial charge in [-0.25, -0.2) is 0 Å². The highest BCUT2D eigenvalue weighted by Gasteiger charge is 2.48. The first-order chi connectivity index (χ1) is 10.1. The van der Waals surface area contributed by atoms with Gasteiger partial charge in [-0.3, -0.25) is 4.79 Å². The Morgan fingerprint density at radius 1 is 1.14 bits per heavy atom. The summed E-state index contributed by atoms with van der Waals surface area (Å²) < 4.78 is 0. The number of carbonyl (C=O) groups is 1. The largest absolute Gasteiger partial charge is 0.481 e. The van der Waals surface area contributed by atoms with Crippen LogP contribution >= 0.6 is 0 Å². The zero-order chi connectivity index (χ0) is 14.9. The Morgan fingerprint density at radius 2 is 1.90 bits per heavy atom. The van der Waals surface area contributed by atoms with Gasteiger partial charge in [-0.15, -0.1) is 0 Å². The van der Waals surface area contributed by atoms with Crippen molar-refractivity contribution >= 4 is 5.97 Å². The summed E-state index contributed by atoms with van der Waals surface area (Å²) in [6.45, 7) is 2.25. The summed E-state index contributed by atoms with van der Waals surface area (Å²) in [5, 5.41) is 9.88. The monoisotopic (exact) mass is 292 g/mol. The Morgan fingerprint density at radius 3 is 2.43 bits per heavy atom. The standard InChI is InChI=1S/C19H32O2/c1-2-3-4-14-7-9-19(10-8-14,18(20)21)13-17-12-15-5-6-16(17)11-15/h14-17H,2-13H2,1H3,(H,20,21). The second-order valence-corrected chi connectivity index (χ2v) is 8.31. The lowest BCUT2D eigenvalue weighted by molar-refractivity contribution is -0.153. The van der Waals surface area contributed by atoms with Crippen LogP contribution in [0.1, 0.15) is 84.0 Å². The molecule has 3 atom stereocenters. The summed E-state index contributed by atoms with van der Waals surface area (Å²) in [5.74, 6) is 2.85. The van der Waals surface area contributed by atoms with E-state index in [9.17, 15) is 9.90 Å². The molecular formula is C19H32O2. The van der Waals surface area contributed by atoms with E-state index < -0.39 is 5.97 Å². The summed E-state index contributed by atoms with van der Waals surface area (Å²) >= 11 is 0. The molecule has 0 aromatic carbocycles. The Bertz CT molecular complexity index is 368. The molecule has 2 heteroatoms. The zero-order valence-electron chi connectivity index (χ0n) is 13.7. The van der Waals surface area contributed by atoms with Gasteiger partial charge in [-0.2, -0.15) is 0 Å². The predicted molar refractivity (Wildman–Crippen MR) is 85.1 cm³/mol. The van der Waals surface area contributed by atoms with Crippen LogP contribution in [0.5, 0.6) is 0 Å². The van der Waals surface area contributed by atoms with Crippen LogP contribution < -0.4 is 0 Å². The van der Waals surface area contributed by atoms with E-state index >= 15 is 0 Å². The average Bonchev–Trinajstić information content (AvgIpc) is 3.09. The Labute approximate surface area is 129 Å². The van der Waals surface area contributed by atoms with Crippen molar-refractivity contribution in [3.05, 3.63) is 0 Å². The van der Waals surface area contributed by atoms with Crippen molar-refractivity contribution in [3.8, 4) is 0 Å². The molecule has 1 N–H and O–H groups in total. The maximum Gasteiger partial charge on any atom is 0.309 e. The first-order valence-electron chi connectivity index (χ1n) is 9.36. The normalized spacial score (nSPS) is 42.3. The summed E-state index contributed by atoms with van der Waals surface area (Å²) in [4.78, 5) is 12.0. The molecule has 21 heavy (non-hydrogen) atoms. The molecule has 0 saturated heterocycles. The van der Waals surface area contributed by atoms with Crippen molar-refractivity contribution in [1.82, 2.24) is 0 Å². The third kappa shape index (κ3) is 3.14. The van der Waals surface area contributed by atoms with Crippen LogP contribution in [0.15, 0.2) is 0 Å². The minimum atomic E-state index is -0.487. The Kier molecular flexibility index (Phi) is 4.61. The molecule has 3 fully saturated rings. The molecule has 2 nitrogen and oxygen atoms in total. The molecular weight excluding hydrogens is 260 g/mol. The van der Waals surface area contributed by atoms with Crippen molar-refractivity contribution in [1.29, 1.82) is 0 Å². The minimum Gasteiger partial charge on any atom is -0.481 e. The fraction of sp³-hybridized carbons (Fsp3) is 0.947. The molecule has 3 rings (SSSR count). The van der Waals surface area contributed by atoms with Crippen LogP contribution in [-0.2, 0) is 4.79 Å². The zero-order valence-corrected chi connectivity index (χ0v) is 13.7. The molecule has 0 spiro atoms. The first kappa shape index (κ1) is 15.4. The molecule has 0 aromatic rings. The highest BCUT2D eigenvalue weighted by atomic mass is 16.4. The lowest BCUT2D eigenvalue weighted by Crippen LogP contribution is -2.38. The van der Waals surface area contributed by atoms with Gasteiger partial charge in [-0.05, 0) is 75.0 Å². The summed E-state index contributed by atoms with van der Waals surface area (Å²) in [7, 11) is 0. The molecule has 3 aliphatic carbocycles. The van der Waals surface area contributed by atoms with E-state index in [2.05, 4.69) is 6.92 Å². The summed E-state index contributed by atoms with van der Waals surface area (Å²) in [6, 6.07) is 0. The number of rotatable bonds is 6. The molecule has 2 bridgehead atoms. The van der Waals surface area contributed by atoms with E-state index in [1.165, 1.54) is 44.9 Å². The number of hydrogen-bond acceptors (Lipinski definition) is 1. The second-order valence-electron chi connectivity index (χ2n) is 8.31.